The largest absolute Gasteiger partial charge is 0.339 e. The summed E-state index contributed by atoms with van der Waals surface area (Å²) < 4.78 is 0. The van der Waals surface area contributed by atoms with Crippen molar-refractivity contribution in [2.75, 3.05) is 19.6 Å². The number of benzene rings is 1. The molecule has 1 spiro atoms. The van der Waals surface area contributed by atoms with Crippen LogP contribution in [0.5, 0.6) is 0 Å². The second kappa shape index (κ2) is 7.74. The number of amides is 2. The molecule has 146 valence electrons. The molecule has 2 aliphatic rings. The molecule has 2 fully saturated rings. The van der Waals surface area contributed by atoms with Gasteiger partial charge in [-0.05, 0) is 56.9 Å². The number of likely N-dealkylation sites (tertiary alicyclic amines) is 2. The van der Waals surface area contributed by atoms with Gasteiger partial charge >= 0.3 is 0 Å². The molecule has 4 rings (SSSR count). The summed E-state index contributed by atoms with van der Waals surface area (Å²) in [4.78, 5) is 34.5. The number of nitrogens with zero attached hydrogens (tertiary/aromatic N) is 3. The number of hydrogen-bond donors (Lipinski definition) is 0. The van der Waals surface area contributed by atoms with E-state index in [2.05, 4.69) is 4.98 Å². The van der Waals surface area contributed by atoms with E-state index in [0.717, 1.165) is 49.2 Å². The monoisotopic (exact) mass is 377 g/mol. The van der Waals surface area contributed by atoms with Crippen LogP contribution in [0.4, 0.5) is 0 Å². The highest BCUT2D eigenvalue weighted by molar-refractivity contribution is 5.94. The quantitative estimate of drug-likeness (QED) is 0.823. The number of carbonyl (C=O) groups is 2. The Labute approximate surface area is 166 Å². The van der Waals surface area contributed by atoms with Gasteiger partial charge in [0.1, 0.15) is 0 Å². The minimum atomic E-state index is -0.310. The van der Waals surface area contributed by atoms with E-state index >= 15 is 0 Å². The van der Waals surface area contributed by atoms with Crippen molar-refractivity contribution < 1.29 is 9.59 Å². The third-order valence-corrected chi connectivity index (χ3v) is 6.15. The van der Waals surface area contributed by atoms with Gasteiger partial charge in [0.15, 0.2) is 0 Å². The average molecular weight is 377 g/mol. The molecular weight excluding hydrogens is 350 g/mol. The van der Waals surface area contributed by atoms with Gasteiger partial charge in [0.25, 0.3) is 5.91 Å². The zero-order valence-electron chi connectivity index (χ0n) is 16.4. The van der Waals surface area contributed by atoms with Crippen LogP contribution in [0.3, 0.4) is 0 Å². The fraction of sp³-hybridized carbons (Fsp3) is 0.435. The normalized spacial score (nSPS) is 19.1. The molecule has 0 aliphatic carbocycles. The molecule has 2 amide bonds. The smallest absolute Gasteiger partial charge is 0.253 e. The Bertz CT molecular complexity index is 857. The molecule has 1 aromatic carbocycles. The molecule has 2 aliphatic heterocycles. The fourth-order valence-electron chi connectivity index (χ4n) is 4.55. The Hall–Kier alpha value is -2.69. The van der Waals surface area contributed by atoms with Gasteiger partial charge in [-0.25, -0.2) is 0 Å². The lowest BCUT2D eigenvalue weighted by Crippen LogP contribution is -2.54. The van der Waals surface area contributed by atoms with Crippen molar-refractivity contribution in [3.8, 4) is 0 Å². The number of hydrogen-bond acceptors (Lipinski definition) is 3. The van der Waals surface area contributed by atoms with E-state index in [9.17, 15) is 9.59 Å². The zero-order valence-corrected chi connectivity index (χ0v) is 16.4. The molecule has 0 atom stereocenters. The molecule has 5 nitrogen and oxygen atoms in total. The van der Waals surface area contributed by atoms with Crippen molar-refractivity contribution in [1.29, 1.82) is 0 Å². The number of aromatic nitrogens is 1. The summed E-state index contributed by atoms with van der Waals surface area (Å²) in [5.41, 5.74) is 2.34. The summed E-state index contributed by atoms with van der Waals surface area (Å²) in [5, 5.41) is 0. The summed E-state index contributed by atoms with van der Waals surface area (Å²) in [5.74, 6) is 0.313. The van der Waals surface area contributed by atoms with Gasteiger partial charge in [-0.1, -0.05) is 24.3 Å². The molecule has 0 N–H and O–H groups in total. The third kappa shape index (κ3) is 3.66. The van der Waals surface area contributed by atoms with Crippen LogP contribution in [0, 0.1) is 12.3 Å². The van der Waals surface area contributed by atoms with Crippen LogP contribution in [-0.2, 0) is 11.3 Å². The van der Waals surface area contributed by atoms with E-state index in [1.165, 1.54) is 0 Å². The second-order valence-electron chi connectivity index (χ2n) is 8.04. The zero-order chi connectivity index (χ0) is 19.6. The molecule has 3 heterocycles. The van der Waals surface area contributed by atoms with E-state index in [0.29, 0.717) is 19.6 Å². The maximum absolute atomic E-state index is 13.3. The average Bonchev–Trinajstić information content (AvgIpc) is 2.72. The Morgan fingerprint density at radius 3 is 2.46 bits per heavy atom. The van der Waals surface area contributed by atoms with Crippen molar-refractivity contribution in [3.63, 3.8) is 0 Å². The maximum Gasteiger partial charge on any atom is 0.253 e. The first-order valence-electron chi connectivity index (χ1n) is 10.1. The van der Waals surface area contributed by atoms with Crippen LogP contribution < -0.4 is 0 Å². The molecule has 28 heavy (non-hydrogen) atoms. The van der Waals surface area contributed by atoms with Crippen molar-refractivity contribution in [2.45, 2.75) is 39.2 Å². The van der Waals surface area contributed by atoms with E-state index in [1.807, 2.05) is 65.3 Å². The summed E-state index contributed by atoms with van der Waals surface area (Å²) in [6.07, 6.45) is 3.45. The number of piperidine rings is 2. The van der Waals surface area contributed by atoms with Gasteiger partial charge in [0, 0.05) is 30.9 Å². The van der Waals surface area contributed by atoms with Gasteiger partial charge in [-0.3, -0.25) is 14.6 Å². The van der Waals surface area contributed by atoms with Crippen molar-refractivity contribution >= 4 is 11.8 Å². The molecule has 2 saturated heterocycles. The van der Waals surface area contributed by atoms with Crippen LogP contribution in [0.2, 0.25) is 0 Å². The van der Waals surface area contributed by atoms with Crippen molar-refractivity contribution in [1.82, 2.24) is 14.8 Å². The van der Waals surface area contributed by atoms with Gasteiger partial charge in [0.05, 0.1) is 17.7 Å². The SMILES string of the molecule is Cc1cccc(CN2CCCC3(CCN(C(=O)c4ccccc4)CC3)C2=O)n1. The molecule has 1 aromatic heterocycles. The third-order valence-electron chi connectivity index (χ3n) is 6.15. The molecule has 5 heteroatoms. The minimum absolute atomic E-state index is 0.0690. The highest BCUT2D eigenvalue weighted by Gasteiger charge is 2.46. The molecule has 2 aromatic rings. The Kier molecular flexibility index (Phi) is 5.16. The Morgan fingerprint density at radius 2 is 1.75 bits per heavy atom. The lowest BCUT2D eigenvalue weighted by Gasteiger charge is -2.46. The van der Waals surface area contributed by atoms with Crippen LogP contribution in [0.25, 0.3) is 0 Å². The lowest BCUT2D eigenvalue weighted by atomic mass is 9.71. The first-order chi connectivity index (χ1) is 13.6. The van der Waals surface area contributed by atoms with Crippen LogP contribution in [0.15, 0.2) is 48.5 Å². The highest BCUT2D eigenvalue weighted by atomic mass is 16.2. The number of pyridine rings is 1. The molecular formula is C23H27N3O2. The summed E-state index contributed by atoms with van der Waals surface area (Å²) in [6, 6.07) is 15.4. The first kappa shape index (κ1) is 18.7. The minimum Gasteiger partial charge on any atom is -0.339 e. The topological polar surface area (TPSA) is 53.5 Å². The van der Waals surface area contributed by atoms with Gasteiger partial charge < -0.3 is 9.80 Å². The summed E-state index contributed by atoms with van der Waals surface area (Å²) in [6.45, 7) is 4.65. The Morgan fingerprint density at radius 1 is 1.00 bits per heavy atom. The number of rotatable bonds is 3. The lowest BCUT2D eigenvalue weighted by molar-refractivity contribution is -0.150. The van der Waals surface area contributed by atoms with E-state index < -0.39 is 0 Å². The predicted octanol–water partition coefficient (Wildman–Crippen LogP) is 3.44. The maximum atomic E-state index is 13.3. The molecule has 0 unspecified atom stereocenters. The number of carbonyl (C=O) groups excluding carboxylic acids is 2. The Balaban J connectivity index is 1.42. The van der Waals surface area contributed by atoms with Crippen LogP contribution >= 0.6 is 0 Å². The van der Waals surface area contributed by atoms with E-state index in [-0.39, 0.29) is 17.2 Å². The van der Waals surface area contributed by atoms with Crippen LogP contribution in [-0.4, -0.2) is 46.2 Å². The summed E-state index contributed by atoms with van der Waals surface area (Å²) in [7, 11) is 0. The summed E-state index contributed by atoms with van der Waals surface area (Å²) >= 11 is 0. The van der Waals surface area contributed by atoms with Crippen molar-refractivity contribution in [3.05, 3.63) is 65.5 Å². The van der Waals surface area contributed by atoms with E-state index in [4.69, 9.17) is 0 Å². The first-order valence-corrected chi connectivity index (χ1v) is 10.1. The molecule has 0 saturated carbocycles. The predicted molar refractivity (Wildman–Crippen MR) is 108 cm³/mol. The van der Waals surface area contributed by atoms with Crippen LogP contribution in [0.1, 0.15) is 47.4 Å². The molecule has 0 radical (unpaired) electrons. The van der Waals surface area contributed by atoms with Gasteiger partial charge in [0.2, 0.25) is 5.91 Å². The fourth-order valence-corrected chi connectivity index (χ4v) is 4.55. The number of aryl methyl sites for hydroxylation is 1. The highest BCUT2D eigenvalue weighted by Crippen LogP contribution is 2.41. The second-order valence-corrected chi connectivity index (χ2v) is 8.04. The standard InChI is InChI=1S/C23H27N3O2/c1-18-7-5-10-20(24-18)17-26-14-6-11-23(22(26)28)12-15-25(16-13-23)21(27)19-8-3-2-4-9-19/h2-5,7-10H,6,11-17H2,1H3. The van der Waals surface area contributed by atoms with E-state index in [1.54, 1.807) is 0 Å². The van der Waals surface area contributed by atoms with Crippen molar-refractivity contribution in [2.24, 2.45) is 5.41 Å². The van der Waals surface area contributed by atoms with Gasteiger partial charge in [-0.15, -0.1) is 0 Å². The molecule has 0 bridgehead atoms. The van der Waals surface area contributed by atoms with Gasteiger partial charge in [-0.2, -0.15) is 0 Å².